The molecular weight excluding hydrogens is 280 g/mol. The third-order valence-corrected chi connectivity index (χ3v) is 3.66. The molecule has 5 nitrogen and oxygen atoms in total. The second-order valence-corrected chi connectivity index (χ2v) is 4.96. The van der Waals surface area contributed by atoms with Crippen molar-refractivity contribution < 1.29 is 14.2 Å². The van der Waals surface area contributed by atoms with E-state index in [1.54, 1.807) is 7.11 Å². The van der Waals surface area contributed by atoms with Crippen molar-refractivity contribution in [2.45, 2.75) is 18.5 Å². The molecular formula is C14H17ClN2O3. The fourth-order valence-electron chi connectivity index (χ4n) is 2.44. The van der Waals surface area contributed by atoms with E-state index in [-0.39, 0.29) is 6.10 Å². The number of methoxy groups -OCH3 is 1. The van der Waals surface area contributed by atoms with Crippen LogP contribution in [0.25, 0.3) is 11.0 Å². The molecule has 0 spiro atoms. The standard InChI is InChI=1S/C14H17ClN2O3/c1-18-10-2-3-13-12(6-10)16-14(7-15)17(13)8-11-9-19-4-5-20-11/h2-3,6,11H,4-5,7-9H2,1H3. The average Bonchev–Trinajstić information content (AvgIpc) is 2.85. The van der Waals surface area contributed by atoms with Crippen LogP contribution in [0.15, 0.2) is 18.2 Å². The van der Waals surface area contributed by atoms with Gasteiger partial charge in [-0.15, -0.1) is 11.6 Å². The summed E-state index contributed by atoms with van der Waals surface area (Å²) in [6.07, 6.45) is 0.0465. The summed E-state index contributed by atoms with van der Waals surface area (Å²) in [5.74, 6) is 1.99. The summed E-state index contributed by atoms with van der Waals surface area (Å²) in [6.45, 7) is 2.62. The number of nitrogens with zero attached hydrogens (tertiary/aromatic N) is 2. The molecule has 1 aromatic carbocycles. The van der Waals surface area contributed by atoms with Crippen molar-refractivity contribution in [2.24, 2.45) is 0 Å². The first-order valence-corrected chi connectivity index (χ1v) is 7.13. The zero-order valence-electron chi connectivity index (χ0n) is 11.3. The summed E-state index contributed by atoms with van der Waals surface area (Å²) in [4.78, 5) is 4.56. The van der Waals surface area contributed by atoms with E-state index in [2.05, 4.69) is 9.55 Å². The number of hydrogen-bond donors (Lipinski definition) is 0. The number of rotatable bonds is 4. The fourth-order valence-corrected chi connectivity index (χ4v) is 2.64. The number of fused-ring (bicyclic) bond motifs is 1. The lowest BCUT2D eigenvalue weighted by molar-refractivity contribution is -0.0934. The van der Waals surface area contributed by atoms with Crippen LogP contribution in [0, 0.1) is 0 Å². The monoisotopic (exact) mass is 296 g/mol. The third kappa shape index (κ3) is 2.61. The maximum Gasteiger partial charge on any atom is 0.124 e. The van der Waals surface area contributed by atoms with Gasteiger partial charge in [0, 0.05) is 6.07 Å². The molecule has 0 aliphatic carbocycles. The van der Waals surface area contributed by atoms with Gasteiger partial charge in [0.1, 0.15) is 11.6 Å². The van der Waals surface area contributed by atoms with Crippen molar-refractivity contribution in [3.05, 3.63) is 24.0 Å². The Morgan fingerprint density at radius 3 is 3.05 bits per heavy atom. The molecule has 2 heterocycles. The van der Waals surface area contributed by atoms with Crippen molar-refractivity contribution >= 4 is 22.6 Å². The molecule has 1 fully saturated rings. The topological polar surface area (TPSA) is 45.5 Å². The van der Waals surface area contributed by atoms with Crippen LogP contribution in [-0.4, -0.2) is 42.6 Å². The van der Waals surface area contributed by atoms with E-state index in [0.29, 0.717) is 32.2 Å². The van der Waals surface area contributed by atoms with Gasteiger partial charge in [0.15, 0.2) is 0 Å². The van der Waals surface area contributed by atoms with E-state index in [1.165, 1.54) is 0 Å². The zero-order valence-corrected chi connectivity index (χ0v) is 12.1. The molecule has 0 saturated carbocycles. The largest absolute Gasteiger partial charge is 0.497 e. The molecule has 0 radical (unpaired) electrons. The molecule has 1 aliphatic heterocycles. The zero-order chi connectivity index (χ0) is 13.9. The molecule has 0 bridgehead atoms. The van der Waals surface area contributed by atoms with E-state index in [0.717, 1.165) is 22.6 Å². The van der Waals surface area contributed by atoms with Gasteiger partial charge in [-0.1, -0.05) is 0 Å². The van der Waals surface area contributed by atoms with Crippen LogP contribution >= 0.6 is 11.6 Å². The summed E-state index contributed by atoms with van der Waals surface area (Å²) < 4.78 is 18.5. The van der Waals surface area contributed by atoms with Gasteiger partial charge in [-0.3, -0.25) is 0 Å². The molecule has 0 N–H and O–H groups in total. The lowest BCUT2D eigenvalue weighted by atomic mass is 10.3. The average molecular weight is 297 g/mol. The first-order valence-electron chi connectivity index (χ1n) is 6.60. The maximum atomic E-state index is 6.01. The Labute approximate surface area is 122 Å². The maximum absolute atomic E-state index is 6.01. The molecule has 1 unspecified atom stereocenters. The highest BCUT2D eigenvalue weighted by molar-refractivity contribution is 6.16. The highest BCUT2D eigenvalue weighted by Crippen LogP contribution is 2.23. The first kappa shape index (κ1) is 13.7. The Kier molecular flexibility index (Phi) is 4.10. The second-order valence-electron chi connectivity index (χ2n) is 4.69. The predicted octanol–water partition coefficient (Wildman–Crippen LogP) is 2.20. The molecule has 1 saturated heterocycles. The number of aromatic nitrogens is 2. The molecule has 0 amide bonds. The van der Waals surface area contributed by atoms with Crippen molar-refractivity contribution in [3.8, 4) is 5.75 Å². The highest BCUT2D eigenvalue weighted by atomic mass is 35.5. The van der Waals surface area contributed by atoms with E-state index < -0.39 is 0 Å². The SMILES string of the molecule is COc1ccc2c(c1)nc(CCl)n2CC1COCCO1. The van der Waals surface area contributed by atoms with E-state index in [1.807, 2.05) is 18.2 Å². The number of imidazole rings is 1. The van der Waals surface area contributed by atoms with E-state index in [4.69, 9.17) is 25.8 Å². The summed E-state index contributed by atoms with van der Waals surface area (Å²) in [5, 5.41) is 0. The van der Waals surface area contributed by atoms with E-state index >= 15 is 0 Å². The van der Waals surface area contributed by atoms with Crippen LogP contribution in [-0.2, 0) is 21.9 Å². The molecule has 20 heavy (non-hydrogen) atoms. The summed E-state index contributed by atoms with van der Waals surface area (Å²) in [6, 6.07) is 5.85. The van der Waals surface area contributed by atoms with Crippen molar-refractivity contribution in [1.29, 1.82) is 0 Å². The Morgan fingerprint density at radius 1 is 1.45 bits per heavy atom. The smallest absolute Gasteiger partial charge is 0.124 e. The predicted molar refractivity (Wildman–Crippen MR) is 76.4 cm³/mol. The minimum atomic E-state index is 0.0465. The lowest BCUT2D eigenvalue weighted by Crippen LogP contribution is -2.32. The molecule has 108 valence electrons. The van der Waals surface area contributed by atoms with Crippen LogP contribution in [0.4, 0.5) is 0 Å². The molecule has 3 rings (SSSR count). The molecule has 1 aromatic heterocycles. The van der Waals surface area contributed by atoms with Gasteiger partial charge in [0.05, 0.1) is 56.5 Å². The van der Waals surface area contributed by atoms with Gasteiger partial charge in [-0.25, -0.2) is 4.98 Å². The van der Waals surface area contributed by atoms with Crippen LogP contribution in [0.5, 0.6) is 5.75 Å². The Balaban J connectivity index is 1.94. The molecule has 2 aromatic rings. The van der Waals surface area contributed by atoms with Crippen LogP contribution in [0.1, 0.15) is 5.82 Å². The molecule has 1 aliphatic rings. The number of alkyl halides is 1. The van der Waals surface area contributed by atoms with Crippen molar-refractivity contribution in [2.75, 3.05) is 26.9 Å². The first-order chi connectivity index (χ1) is 9.81. The van der Waals surface area contributed by atoms with Crippen molar-refractivity contribution in [3.63, 3.8) is 0 Å². The minimum Gasteiger partial charge on any atom is -0.497 e. The van der Waals surface area contributed by atoms with Crippen molar-refractivity contribution in [1.82, 2.24) is 9.55 Å². The van der Waals surface area contributed by atoms with Crippen LogP contribution in [0.3, 0.4) is 0 Å². The number of hydrogen-bond acceptors (Lipinski definition) is 4. The van der Waals surface area contributed by atoms with Gasteiger partial charge in [0.2, 0.25) is 0 Å². The van der Waals surface area contributed by atoms with Gasteiger partial charge in [0.25, 0.3) is 0 Å². The second kappa shape index (κ2) is 5.99. The van der Waals surface area contributed by atoms with Crippen LogP contribution in [0.2, 0.25) is 0 Å². The van der Waals surface area contributed by atoms with Gasteiger partial charge in [-0.2, -0.15) is 0 Å². The fraction of sp³-hybridized carbons (Fsp3) is 0.500. The Hall–Kier alpha value is -1.30. The van der Waals surface area contributed by atoms with Gasteiger partial charge in [-0.05, 0) is 12.1 Å². The normalized spacial score (nSPS) is 19.4. The summed E-state index contributed by atoms with van der Waals surface area (Å²) in [5.41, 5.74) is 1.92. The number of benzene rings is 1. The minimum absolute atomic E-state index is 0.0465. The van der Waals surface area contributed by atoms with E-state index in [9.17, 15) is 0 Å². The van der Waals surface area contributed by atoms with Crippen LogP contribution < -0.4 is 4.74 Å². The Bertz CT molecular complexity index is 593. The lowest BCUT2D eigenvalue weighted by Gasteiger charge is -2.24. The Morgan fingerprint density at radius 2 is 2.35 bits per heavy atom. The quantitative estimate of drug-likeness (QED) is 0.812. The summed E-state index contributed by atoms with van der Waals surface area (Å²) in [7, 11) is 1.65. The third-order valence-electron chi connectivity index (χ3n) is 3.43. The molecule has 6 heteroatoms. The molecule has 1 atom stereocenters. The number of ether oxygens (including phenoxy) is 3. The van der Waals surface area contributed by atoms with Gasteiger partial charge < -0.3 is 18.8 Å². The van der Waals surface area contributed by atoms with Gasteiger partial charge >= 0.3 is 0 Å². The summed E-state index contributed by atoms with van der Waals surface area (Å²) >= 11 is 6.01. The highest BCUT2D eigenvalue weighted by Gasteiger charge is 2.19. The number of halogens is 1.